The first-order valence-corrected chi connectivity index (χ1v) is 6.03. The second kappa shape index (κ2) is 7.27. The van der Waals surface area contributed by atoms with Crippen LogP contribution < -0.4 is 5.73 Å². The number of benzene rings is 1. The first-order valence-electron chi connectivity index (χ1n) is 6.03. The summed E-state index contributed by atoms with van der Waals surface area (Å²) in [4.78, 5) is 13.2. The molecule has 0 bridgehead atoms. The molecule has 0 fully saturated rings. The van der Waals surface area contributed by atoms with Gasteiger partial charge in [0.2, 0.25) is 0 Å². The molecule has 4 nitrogen and oxygen atoms in total. The summed E-state index contributed by atoms with van der Waals surface area (Å²) in [6.45, 7) is 2.52. The van der Waals surface area contributed by atoms with E-state index in [1.165, 1.54) is 11.0 Å². The average Bonchev–Trinajstić information content (AvgIpc) is 2.37. The Morgan fingerprint density at radius 2 is 2.06 bits per heavy atom. The van der Waals surface area contributed by atoms with E-state index in [9.17, 15) is 4.79 Å². The number of carbonyl (C=O) groups excluding carboxylic acids is 1. The Balaban J connectivity index is 2.67. The number of unbranched alkanes of at least 4 members (excludes halogenated alkanes) is 1. The molecule has 1 aromatic rings. The van der Waals surface area contributed by atoms with E-state index >= 15 is 0 Å². The first kappa shape index (κ1) is 14.0. The van der Waals surface area contributed by atoms with E-state index in [-0.39, 0.29) is 11.9 Å². The maximum atomic E-state index is 11.9. The van der Waals surface area contributed by atoms with Crippen molar-refractivity contribution < 1.29 is 4.79 Å². The van der Waals surface area contributed by atoms with Crippen LogP contribution in [0.15, 0.2) is 36.4 Å². The number of amides is 1. The van der Waals surface area contributed by atoms with E-state index in [1.807, 2.05) is 37.3 Å². The van der Waals surface area contributed by atoms with Gasteiger partial charge in [0.05, 0.1) is 0 Å². The molecule has 0 spiro atoms. The minimum absolute atomic E-state index is 0.203. The van der Waals surface area contributed by atoms with Crippen LogP contribution in [0.2, 0.25) is 0 Å². The molecule has 4 heteroatoms. The van der Waals surface area contributed by atoms with Gasteiger partial charge in [-0.15, -0.1) is 0 Å². The molecule has 1 amide bonds. The van der Waals surface area contributed by atoms with Crippen molar-refractivity contribution in [1.29, 1.82) is 5.41 Å². The van der Waals surface area contributed by atoms with E-state index in [1.54, 1.807) is 6.08 Å². The SMILES string of the molecule is CCCCN(C(=N)N)C(=O)C=Cc1ccccc1. The Bertz CT molecular complexity index is 426. The molecule has 0 radical (unpaired) electrons. The van der Waals surface area contributed by atoms with Crippen LogP contribution in [-0.2, 0) is 4.79 Å². The number of nitrogens with two attached hydrogens (primary N) is 1. The highest BCUT2D eigenvalue weighted by atomic mass is 16.2. The molecule has 0 saturated carbocycles. The average molecular weight is 245 g/mol. The minimum atomic E-state index is -0.250. The zero-order valence-electron chi connectivity index (χ0n) is 10.6. The molecule has 0 heterocycles. The van der Waals surface area contributed by atoms with E-state index in [0.29, 0.717) is 6.54 Å². The van der Waals surface area contributed by atoms with Gasteiger partial charge in [-0.25, -0.2) is 0 Å². The maximum absolute atomic E-state index is 11.9. The molecule has 0 unspecified atom stereocenters. The number of guanidine groups is 1. The molecular weight excluding hydrogens is 226 g/mol. The van der Waals surface area contributed by atoms with Crippen molar-refractivity contribution >= 4 is 17.9 Å². The summed E-state index contributed by atoms with van der Waals surface area (Å²) in [6.07, 6.45) is 4.97. The van der Waals surface area contributed by atoms with Gasteiger partial charge in [-0.05, 0) is 18.1 Å². The summed E-state index contributed by atoms with van der Waals surface area (Å²) in [5.41, 5.74) is 6.35. The second-order valence-corrected chi connectivity index (χ2v) is 3.97. The van der Waals surface area contributed by atoms with Crippen molar-refractivity contribution in [3.05, 3.63) is 42.0 Å². The van der Waals surface area contributed by atoms with Crippen molar-refractivity contribution in [3.63, 3.8) is 0 Å². The predicted molar refractivity (Wildman–Crippen MR) is 74.0 cm³/mol. The Morgan fingerprint density at radius 3 is 2.61 bits per heavy atom. The Morgan fingerprint density at radius 1 is 1.39 bits per heavy atom. The van der Waals surface area contributed by atoms with E-state index in [4.69, 9.17) is 11.1 Å². The number of nitrogens with one attached hydrogen (secondary N) is 1. The van der Waals surface area contributed by atoms with Crippen LogP contribution >= 0.6 is 0 Å². The van der Waals surface area contributed by atoms with Gasteiger partial charge in [-0.3, -0.25) is 15.1 Å². The third-order valence-electron chi connectivity index (χ3n) is 2.51. The van der Waals surface area contributed by atoms with Crippen molar-refractivity contribution in [2.75, 3.05) is 6.54 Å². The number of nitrogens with zero attached hydrogens (tertiary/aromatic N) is 1. The standard InChI is InChI=1S/C14H19N3O/c1-2-3-11-17(14(15)16)13(18)10-9-12-7-5-4-6-8-12/h4-10H,2-3,11H2,1H3,(H3,15,16). The Kier molecular flexibility index (Phi) is 5.64. The number of carbonyl (C=O) groups is 1. The number of rotatable bonds is 5. The van der Waals surface area contributed by atoms with Gasteiger partial charge in [-0.2, -0.15) is 0 Å². The van der Waals surface area contributed by atoms with Crippen molar-refractivity contribution in [2.45, 2.75) is 19.8 Å². The summed E-state index contributed by atoms with van der Waals surface area (Å²) < 4.78 is 0. The lowest BCUT2D eigenvalue weighted by atomic mass is 10.2. The quantitative estimate of drug-likeness (QED) is 0.474. The third kappa shape index (κ3) is 4.41. The lowest BCUT2D eigenvalue weighted by Crippen LogP contribution is -2.40. The van der Waals surface area contributed by atoms with Crippen LogP contribution in [0.3, 0.4) is 0 Å². The van der Waals surface area contributed by atoms with Crippen LogP contribution in [0.4, 0.5) is 0 Å². The van der Waals surface area contributed by atoms with E-state index < -0.39 is 0 Å². The van der Waals surface area contributed by atoms with Gasteiger partial charge >= 0.3 is 0 Å². The summed E-state index contributed by atoms with van der Waals surface area (Å²) in [5.74, 6) is -0.453. The van der Waals surface area contributed by atoms with Crippen LogP contribution in [0.1, 0.15) is 25.3 Å². The van der Waals surface area contributed by atoms with Crippen molar-refractivity contribution in [3.8, 4) is 0 Å². The van der Waals surface area contributed by atoms with Crippen LogP contribution in [0.25, 0.3) is 6.08 Å². The van der Waals surface area contributed by atoms with E-state index in [0.717, 1.165) is 18.4 Å². The fourth-order valence-corrected chi connectivity index (χ4v) is 1.49. The number of hydrogen-bond donors (Lipinski definition) is 2. The van der Waals surface area contributed by atoms with Crippen LogP contribution in [0, 0.1) is 5.41 Å². The molecule has 0 saturated heterocycles. The van der Waals surface area contributed by atoms with Gasteiger partial charge in [0.1, 0.15) is 0 Å². The molecule has 96 valence electrons. The Labute approximate surface area is 108 Å². The topological polar surface area (TPSA) is 70.2 Å². The molecular formula is C14H19N3O. The summed E-state index contributed by atoms with van der Waals surface area (Å²) in [6, 6.07) is 9.55. The molecule has 0 aliphatic rings. The van der Waals surface area contributed by atoms with Gasteiger partial charge < -0.3 is 5.73 Å². The molecule has 1 aromatic carbocycles. The highest BCUT2D eigenvalue weighted by Crippen LogP contribution is 2.03. The fraction of sp³-hybridized carbons (Fsp3) is 0.286. The second-order valence-electron chi connectivity index (χ2n) is 3.97. The molecule has 0 atom stereocenters. The highest BCUT2D eigenvalue weighted by Gasteiger charge is 2.12. The van der Waals surface area contributed by atoms with Crippen molar-refractivity contribution in [1.82, 2.24) is 4.90 Å². The molecule has 1 rings (SSSR count). The smallest absolute Gasteiger partial charge is 0.253 e. The summed E-state index contributed by atoms with van der Waals surface area (Å²) >= 11 is 0. The fourth-order valence-electron chi connectivity index (χ4n) is 1.49. The zero-order chi connectivity index (χ0) is 13.4. The van der Waals surface area contributed by atoms with Gasteiger partial charge in [0.15, 0.2) is 5.96 Å². The first-order chi connectivity index (χ1) is 8.65. The van der Waals surface area contributed by atoms with Crippen LogP contribution in [0.5, 0.6) is 0 Å². The Hall–Kier alpha value is -2.10. The van der Waals surface area contributed by atoms with Crippen molar-refractivity contribution in [2.24, 2.45) is 5.73 Å². The predicted octanol–water partition coefficient (Wildman–Crippen LogP) is 2.22. The molecule has 0 aliphatic heterocycles. The lowest BCUT2D eigenvalue weighted by Gasteiger charge is -2.18. The molecule has 0 aromatic heterocycles. The molecule has 0 aliphatic carbocycles. The number of hydrogen-bond acceptors (Lipinski definition) is 2. The largest absolute Gasteiger partial charge is 0.370 e. The maximum Gasteiger partial charge on any atom is 0.253 e. The van der Waals surface area contributed by atoms with Gasteiger partial charge in [-0.1, -0.05) is 43.7 Å². The van der Waals surface area contributed by atoms with Gasteiger partial charge in [0, 0.05) is 12.6 Å². The monoisotopic (exact) mass is 245 g/mol. The van der Waals surface area contributed by atoms with Crippen LogP contribution in [-0.4, -0.2) is 23.3 Å². The molecule has 3 N–H and O–H groups in total. The summed E-state index contributed by atoms with van der Waals surface area (Å²) in [5, 5.41) is 7.39. The summed E-state index contributed by atoms with van der Waals surface area (Å²) in [7, 11) is 0. The van der Waals surface area contributed by atoms with E-state index in [2.05, 4.69) is 0 Å². The highest BCUT2D eigenvalue weighted by molar-refractivity contribution is 6.02. The zero-order valence-corrected chi connectivity index (χ0v) is 10.6. The van der Waals surface area contributed by atoms with Gasteiger partial charge in [0.25, 0.3) is 5.91 Å². The molecule has 18 heavy (non-hydrogen) atoms. The third-order valence-corrected chi connectivity index (χ3v) is 2.51. The normalized spacial score (nSPS) is 10.5. The minimum Gasteiger partial charge on any atom is -0.370 e. The lowest BCUT2D eigenvalue weighted by molar-refractivity contribution is -0.122.